The van der Waals surface area contributed by atoms with E-state index >= 15 is 0 Å². The quantitative estimate of drug-likeness (QED) is 0.652. The third-order valence-corrected chi connectivity index (χ3v) is 7.31. The number of fused-ring (bicyclic) bond motifs is 3. The van der Waals surface area contributed by atoms with Gasteiger partial charge in [-0.3, -0.25) is 9.59 Å². The molecule has 2 aromatic rings. The van der Waals surface area contributed by atoms with Crippen LogP contribution in [0.25, 0.3) is 11.1 Å². The molecule has 2 aliphatic rings. The zero-order valence-electron chi connectivity index (χ0n) is 20.8. The number of nitrogens with zero attached hydrogens (tertiary/aromatic N) is 1. The smallest absolute Gasteiger partial charge is 0.407 e. The Kier molecular flexibility index (Phi) is 6.88. The van der Waals surface area contributed by atoms with E-state index in [4.69, 9.17) is 4.74 Å². The molecule has 3 unspecified atom stereocenters. The molecule has 3 atom stereocenters. The molecule has 2 amide bonds. The van der Waals surface area contributed by atoms with E-state index in [2.05, 4.69) is 29.6 Å². The lowest BCUT2D eigenvalue weighted by Gasteiger charge is -2.41. The van der Waals surface area contributed by atoms with Crippen molar-refractivity contribution in [2.75, 3.05) is 13.2 Å². The van der Waals surface area contributed by atoms with Crippen molar-refractivity contribution in [3.8, 4) is 11.1 Å². The van der Waals surface area contributed by atoms with Gasteiger partial charge in [0.2, 0.25) is 5.91 Å². The fourth-order valence-electron chi connectivity index (χ4n) is 5.36. The van der Waals surface area contributed by atoms with Crippen LogP contribution in [-0.4, -0.2) is 53.2 Å². The predicted octanol–water partition coefficient (Wildman–Crippen LogP) is 4.65. The number of likely N-dealkylation sites (tertiary alicyclic amines) is 1. The Morgan fingerprint density at radius 1 is 1.06 bits per heavy atom. The number of rotatable bonds is 5. The first-order chi connectivity index (χ1) is 16.6. The second kappa shape index (κ2) is 9.72. The number of hydrogen-bond donors (Lipinski definition) is 2. The molecule has 7 heteroatoms. The van der Waals surface area contributed by atoms with Crippen molar-refractivity contribution in [3.05, 3.63) is 59.7 Å². The van der Waals surface area contributed by atoms with Gasteiger partial charge in [0.05, 0.1) is 5.92 Å². The number of alkyl carbamates (subject to hydrolysis) is 1. The van der Waals surface area contributed by atoms with Gasteiger partial charge in [-0.15, -0.1) is 0 Å². The highest BCUT2D eigenvalue weighted by Gasteiger charge is 2.42. The van der Waals surface area contributed by atoms with Crippen LogP contribution in [0.15, 0.2) is 48.5 Å². The molecule has 186 valence electrons. The lowest BCUT2D eigenvalue weighted by Crippen LogP contribution is -2.59. The van der Waals surface area contributed by atoms with Crippen LogP contribution in [0, 0.1) is 11.3 Å². The normalized spacial score (nSPS) is 20.5. The van der Waals surface area contributed by atoms with Crippen molar-refractivity contribution in [2.45, 2.75) is 58.5 Å². The van der Waals surface area contributed by atoms with Crippen LogP contribution in [0.2, 0.25) is 0 Å². The van der Waals surface area contributed by atoms with E-state index in [9.17, 15) is 19.5 Å². The molecule has 1 saturated heterocycles. The van der Waals surface area contributed by atoms with E-state index in [-0.39, 0.29) is 18.4 Å². The maximum atomic E-state index is 13.5. The topological polar surface area (TPSA) is 95.9 Å². The lowest BCUT2D eigenvalue weighted by atomic mass is 9.83. The van der Waals surface area contributed by atoms with E-state index in [0.717, 1.165) is 22.3 Å². The molecule has 2 aromatic carbocycles. The number of ether oxygens (including phenoxy) is 1. The summed E-state index contributed by atoms with van der Waals surface area (Å²) < 4.78 is 5.67. The highest BCUT2D eigenvalue weighted by molar-refractivity contribution is 5.87. The van der Waals surface area contributed by atoms with Crippen LogP contribution >= 0.6 is 0 Å². The third-order valence-electron chi connectivity index (χ3n) is 7.31. The van der Waals surface area contributed by atoms with Crippen molar-refractivity contribution in [1.29, 1.82) is 0 Å². The highest BCUT2D eigenvalue weighted by Crippen LogP contribution is 2.44. The van der Waals surface area contributed by atoms with Gasteiger partial charge in [0.1, 0.15) is 12.6 Å². The highest BCUT2D eigenvalue weighted by atomic mass is 16.5. The number of carbonyl (C=O) groups excluding carboxylic acids is 2. The maximum Gasteiger partial charge on any atom is 0.407 e. The van der Waals surface area contributed by atoms with Gasteiger partial charge in [0.15, 0.2) is 0 Å². The molecule has 4 rings (SSSR count). The Labute approximate surface area is 206 Å². The minimum absolute atomic E-state index is 0.0737. The van der Waals surface area contributed by atoms with Gasteiger partial charge in [-0.05, 0) is 47.4 Å². The predicted molar refractivity (Wildman–Crippen MR) is 133 cm³/mol. The Balaban J connectivity index is 1.47. The average Bonchev–Trinajstić information content (AvgIpc) is 3.14. The van der Waals surface area contributed by atoms with E-state index in [1.807, 2.05) is 45.0 Å². The number of carboxylic acid groups (broad SMARTS) is 1. The van der Waals surface area contributed by atoms with Gasteiger partial charge in [-0.25, -0.2) is 4.79 Å². The van der Waals surface area contributed by atoms with Crippen LogP contribution < -0.4 is 5.32 Å². The number of aliphatic carboxylic acids is 1. The number of nitrogens with one attached hydrogen (secondary N) is 1. The first-order valence-electron chi connectivity index (χ1n) is 12.2. The van der Waals surface area contributed by atoms with E-state index in [0.29, 0.717) is 19.4 Å². The van der Waals surface area contributed by atoms with Crippen molar-refractivity contribution in [3.63, 3.8) is 0 Å². The molecule has 1 heterocycles. The monoisotopic (exact) mass is 478 g/mol. The first-order valence-corrected chi connectivity index (χ1v) is 12.2. The molecule has 35 heavy (non-hydrogen) atoms. The first kappa shape index (κ1) is 24.8. The summed E-state index contributed by atoms with van der Waals surface area (Å²) in [6.45, 7) is 8.03. The number of carboxylic acids is 1. The summed E-state index contributed by atoms with van der Waals surface area (Å²) in [6.07, 6.45) is 0.509. The molecule has 0 aromatic heterocycles. The zero-order valence-corrected chi connectivity index (χ0v) is 20.8. The molecule has 0 saturated carbocycles. The zero-order chi connectivity index (χ0) is 25.3. The van der Waals surface area contributed by atoms with Crippen molar-refractivity contribution in [1.82, 2.24) is 10.2 Å². The summed E-state index contributed by atoms with van der Waals surface area (Å²) in [4.78, 5) is 39.7. The molecule has 7 nitrogen and oxygen atoms in total. The van der Waals surface area contributed by atoms with Crippen LogP contribution in [0.5, 0.6) is 0 Å². The minimum Gasteiger partial charge on any atom is -0.481 e. The summed E-state index contributed by atoms with van der Waals surface area (Å²) in [7, 11) is 0. The summed E-state index contributed by atoms with van der Waals surface area (Å²) in [5, 5.41) is 12.3. The molecule has 2 N–H and O–H groups in total. The molecular formula is C28H34N2O5. The number of benzene rings is 2. The molecule has 1 aliphatic carbocycles. The molecule has 0 spiro atoms. The number of amides is 2. The summed E-state index contributed by atoms with van der Waals surface area (Å²) >= 11 is 0. The van der Waals surface area contributed by atoms with Crippen LogP contribution in [0.1, 0.15) is 57.6 Å². The van der Waals surface area contributed by atoms with Gasteiger partial charge in [-0.2, -0.15) is 0 Å². The molecule has 1 aliphatic heterocycles. The maximum absolute atomic E-state index is 13.5. The Bertz CT molecular complexity index is 1080. The second-order valence-corrected chi connectivity index (χ2v) is 10.6. The van der Waals surface area contributed by atoms with Gasteiger partial charge < -0.3 is 20.1 Å². The standard InChI is InChI=1S/C28H34N2O5/c1-17-18(26(32)33)14-9-15-30(17)25(31)24(28(2,3)4)29-27(34)35-16-23-21-12-7-5-10-19(21)20-11-6-8-13-22(20)23/h5-8,10-13,17-18,23-24H,9,14-16H2,1-4H3,(H,29,34)(H,32,33). The Hall–Kier alpha value is -3.35. The molecular weight excluding hydrogens is 444 g/mol. The number of piperidine rings is 1. The van der Waals surface area contributed by atoms with E-state index in [1.165, 1.54) is 0 Å². The number of hydrogen-bond acceptors (Lipinski definition) is 4. The second-order valence-electron chi connectivity index (χ2n) is 10.6. The largest absolute Gasteiger partial charge is 0.481 e. The van der Waals surface area contributed by atoms with Gasteiger partial charge in [-0.1, -0.05) is 69.3 Å². The summed E-state index contributed by atoms with van der Waals surface area (Å²) in [5.74, 6) is -1.85. The Morgan fingerprint density at radius 3 is 2.17 bits per heavy atom. The average molecular weight is 479 g/mol. The van der Waals surface area contributed by atoms with Gasteiger partial charge in [0.25, 0.3) is 0 Å². The van der Waals surface area contributed by atoms with Crippen LogP contribution in [0.4, 0.5) is 4.79 Å². The van der Waals surface area contributed by atoms with Gasteiger partial charge in [0, 0.05) is 18.5 Å². The fraction of sp³-hybridized carbons (Fsp3) is 0.464. The van der Waals surface area contributed by atoms with Crippen molar-refractivity contribution >= 4 is 18.0 Å². The molecule has 0 radical (unpaired) electrons. The minimum atomic E-state index is -0.896. The van der Waals surface area contributed by atoms with E-state index in [1.54, 1.807) is 11.8 Å². The van der Waals surface area contributed by atoms with E-state index < -0.39 is 35.5 Å². The SMILES string of the molecule is CC1C(C(=O)O)CCCN1C(=O)C(NC(=O)OCC1c2ccccc2-c2ccccc21)C(C)(C)C. The van der Waals surface area contributed by atoms with Crippen LogP contribution in [-0.2, 0) is 14.3 Å². The third kappa shape index (κ3) is 4.90. The fourth-order valence-corrected chi connectivity index (χ4v) is 5.36. The summed E-state index contributed by atoms with van der Waals surface area (Å²) in [6, 6.07) is 14.9. The molecule has 1 fully saturated rings. The molecule has 0 bridgehead atoms. The van der Waals surface area contributed by atoms with Crippen molar-refractivity contribution in [2.24, 2.45) is 11.3 Å². The summed E-state index contributed by atoms with van der Waals surface area (Å²) in [5.41, 5.74) is 3.94. The number of carbonyl (C=O) groups is 3. The Morgan fingerprint density at radius 2 is 1.63 bits per heavy atom. The van der Waals surface area contributed by atoms with Crippen LogP contribution in [0.3, 0.4) is 0 Å². The lowest BCUT2D eigenvalue weighted by molar-refractivity contribution is -0.150. The van der Waals surface area contributed by atoms with Crippen molar-refractivity contribution < 1.29 is 24.2 Å². The van der Waals surface area contributed by atoms with Gasteiger partial charge >= 0.3 is 12.1 Å².